The Kier molecular flexibility index (Phi) is 4.18. The first-order valence-corrected chi connectivity index (χ1v) is 8.63. The van der Waals surface area contributed by atoms with Gasteiger partial charge in [0.15, 0.2) is 0 Å². The monoisotopic (exact) mass is 270 g/mol. The Morgan fingerprint density at radius 3 is 3.11 bits per heavy atom. The second-order valence-electron chi connectivity index (χ2n) is 6.22. The zero-order valence-corrected chi connectivity index (χ0v) is 12.1. The number of nitrogens with two attached hydrogens (primary N) is 1. The fraction of sp³-hybridized carbons (Fsp3) is 1.00. The van der Waals surface area contributed by atoms with Crippen LogP contribution in [0, 0.1) is 5.92 Å². The van der Waals surface area contributed by atoms with Gasteiger partial charge in [0.25, 0.3) is 0 Å². The van der Waals surface area contributed by atoms with Crippen LogP contribution in [0.1, 0.15) is 32.1 Å². The molecule has 3 heterocycles. The summed E-state index contributed by atoms with van der Waals surface area (Å²) < 4.78 is 6.13. The third-order valence-electron chi connectivity index (χ3n) is 4.93. The van der Waals surface area contributed by atoms with Crippen molar-refractivity contribution >= 4 is 11.8 Å². The lowest BCUT2D eigenvalue weighted by atomic mass is 9.87. The maximum Gasteiger partial charge on any atom is 0.0795 e. The van der Waals surface area contributed by atoms with Gasteiger partial charge in [-0.25, -0.2) is 0 Å². The van der Waals surface area contributed by atoms with Gasteiger partial charge in [0.2, 0.25) is 0 Å². The maximum absolute atomic E-state index is 6.13. The fourth-order valence-electron chi connectivity index (χ4n) is 3.80. The number of ether oxygens (including phenoxy) is 1. The van der Waals surface area contributed by atoms with Gasteiger partial charge in [-0.15, -0.1) is 0 Å². The van der Waals surface area contributed by atoms with Crippen molar-refractivity contribution in [1.29, 1.82) is 0 Å². The van der Waals surface area contributed by atoms with E-state index in [1.165, 1.54) is 56.7 Å². The van der Waals surface area contributed by atoms with Gasteiger partial charge in [0, 0.05) is 24.9 Å². The third kappa shape index (κ3) is 2.72. The summed E-state index contributed by atoms with van der Waals surface area (Å²) in [7, 11) is 0. The second-order valence-corrected chi connectivity index (χ2v) is 7.32. The molecular formula is C14H26N2OS. The minimum Gasteiger partial charge on any atom is -0.374 e. The minimum absolute atomic E-state index is 0.225. The molecule has 3 atom stereocenters. The summed E-state index contributed by atoms with van der Waals surface area (Å²) in [5, 5.41) is 0. The van der Waals surface area contributed by atoms with Gasteiger partial charge in [0.1, 0.15) is 0 Å². The van der Waals surface area contributed by atoms with Crippen LogP contribution in [0.25, 0.3) is 0 Å². The molecular weight excluding hydrogens is 244 g/mol. The molecule has 0 radical (unpaired) electrons. The predicted molar refractivity (Wildman–Crippen MR) is 77.0 cm³/mol. The average Bonchev–Trinajstić information content (AvgIpc) is 2.87. The molecule has 4 heteroatoms. The highest BCUT2D eigenvalue weighted by molar-refractivity contribution is 7.99. The van der Waals surface area contributed by atoms with Crippen LogP contribution in [0.3, 0.4) is 0 Å². The second kappa shape index (κ2) is 5.70. The smallest absolute Gasteiger partial charge is 0.0795 e. The van der Waals surface area contributed by atoms with E-state index < -0.39 is 0 Å². The van der Waals surface area contributed by atoms with E-state index in [0.717, 1.165) is 25.1 Å². The molecule has 0 bridgehead atoms. The van der Waals surface area contributed by atoms with Crippen LogP contribution in [-0.2, 0) is 4.74 Å². The van der Waals surface area contributed by atoms with Crippen molar-refractivity contribution in [1.82, 2.24) is 4.90 Å². The van der Waals surface area contributed by atoms with Crippen LogP contribution in [-0.4, -0.2) is 54.3 Å². The molecule has 1 spiro atoms. The average molecular weight is 270 g/mol. The maximum atomic E-state index is 6.13. The minimum atomic E-state index is 0.225. The van der Waals surface area contributed by atoms with E-state index in [2.05, 4.69) is 16.7 Å². The molecule has 3 fully saturated rings. The van der Waals surface area contributed by atoms with E-state index in [1.807, 2.05) is 0 Å². The largest absolute Gasteiger partial charge is 0.374 e. The third-order valence-corrected chi connectivity index (χ3v) is 6.16. The summed E-state index contributed by atoms with van der Waals surface area (Å²) in [6, 6.07) is 0.756. The van der Waals surface area contributed by atoms with E-state index in [-0.39, 0.29) is 5.60 Å². The highest BCUT2D eigenvalue weighted by Crippen LogP contribution is 2.40. The van der Waals surface area contributed by atoms with Crippen molar-refractivity contribution in [2.24, 2.45) is 11.7 Å². The Labute approximate surface area is 115 Å². The Morgan fingerprint density at radius 1 is 1.39 bits per heavy atom. The molecule has 0 aliphatic carbocycles. The number of hydrogen-bond donors (Lipinski definition) is 1. The molecule has 3 nitrogen and oxygen atoms in total. The van der Waals surface area contributed by atoms with Gasteiger partial charge in [-0.05, 0) is 56.9 Å². The highest BCUT2D eigenvalue weighted by atomic mass is 32.2. The van der Waals surface area contributed by atoms with Gasteiger partial charge >= 0.3 is 0 Å². The van der Waals surface area contributed by atoms with Crippen LogP contribution in [0.2, 0.25) is 0 Å². The van der Waals surface area contributed by atoms with Crippen LogP contribution >= 0.6 is 11.8 Å². The van der Waals surface area contributed by atoms with Gasteiger partial charge < -0.3 is 10.5 Å². The van der Waals surface area contributed by atoms with Gasteiger partial charge in [-0.1, -0.05) is 0 Å². The normalized spacial score (nSPS) is 42.5. The van der Waals surface area contributed by atoms with Crippen molar-refractivity contribution in [3.8, 4) is 0 Å². The number of likely N-dealkylation sites (tertiary alicyclic amines) is 1. The lowest BCUT2D eigenvalue weighted by Gasteiger charge is -2.45. The van der Waals surface area contributed by atoms with Gasteiger partial charge in [-0.3, -0.25) is 4.90 Å². The molecule has 18 heavy (non-hydrogen) atoms. The Balaban J connectivity index is 1.61. The lowest BCUT2D eigenvalue weighted by Crippen LogP contribution is -2.52. The summed E-state index contributed by atoms with van der Waals surface area (Å²) in [5.41, 5.74) is 6.08. The van der Waals surface area contributed by atoms with E-state index in [4.69, 9.17) is 10.5 Å². The van der Waals surface area contributed by atoms with Crippen molar-refractivity contribution in [2.45, 2.75) is 43.7 Å². The number of piperidine rings is 1. The van der Waals surface area contributed by atoms with Crippen LogP contribution < -0.4 is 5.73 Å². The Hall–Kier alpha value is 0.230. The number of hydrogen-bond acceptors (Lipinski definition) is 4. The van der Waals surface area contributed by atoms with Gasteiger partial charge in [0.05, 0.1) is 5.60 Å². The Morgan fingerprint density at radius 2 is 2.33 bits per heavy atom. The van der Waals surface area contributed by atoms with Crippen molar-refractivity contribution in [3.63, 3.8) is 0 Å². The molecule has 3 unspecified atom stereocenters. The first-order chi connectivity index (χ1) is 8.81. The molecule has 0 amide bonds. The number of thioether (sulfide) groups is 1. The van der Waals surface area contributed by atoms with Crippen LogP contribution in [0.15, 0.2) is 0 Å². The van der Waals surface area contributed by atoms with Crippen molar-refractivity contribution < 1.29 is 4.74 Å². The number of nitrogens with zero attached hydrogens (tertiary/aromatic N) is 1. The van der Waals surface area contributed by atoms with Crippen LogP contribution in [0.4, 0.5) is 0 Å². The van der Waals surface area contributed by atoms with Crippen molar-refractivity contribution in [3.05, 3.63) is 0 Å². The zero-order chi connectivity index (χ0) is 12.4. The molecule has 0 saturated carbocycles. The first-order valence-electron chi connectivity index (χ1n) is 7.47. The van der Waals surface area contributed by atoms with E-state index in [9.17, 15) is 0 Å². The molecule has 0 aromatic heterocycles. The standard InChI is InChI=1S/C14H26N2OS/c15-9-12-2-1-5-16(10-12)13-3-6-17-14(8-13)4-7-18-11-14/h12-13H,1-11,15H2. The first kappa shape index (κ1) is 13.2. The topological polar surface area (TPSA) is 38.5 Å². The summed E-state index contributed by atoms with van der Waals surface area (Å²) >= 11 is 2.07. The molecule has 3 saturated heterocycles. The van der Waals surface area contributed by atoms with E-state index >= 15 is 0 Å². The summed E-state index contributed by atoms with van der Waals surface area (Å²) in [5.74, 6) is 3.24. The summed E-state index contributed by atoms with van der Waals surface area (Å²) in [4.78, 5) is 2.72. The van der Waals surface area contributed by atoms with Crippen LogP contribution in [0.5, 0.6) is 0 Å². The van der Waals surface area contributed by atoms with E-state index in [0.29, 0.717) is 0 Å². The zero-order valence-electron chi connectivity index (χ0n) is 11.3. The highest BCUT2D eigenvalue weighted by Gasteiger charge is 2.42. The summed E-state index contributed by atoms with van der Waals surface area (Å²) in [6.07, 6.45) is 6.42. The van der Waals surface area contributed by atoms with Gasteiger partial charge in [-0.2, -0.15) is 11.8 Å². The SMILES string of the molecule is NCC1CCCN(C2CCOC3(CCSC3)C2)C1. The molecule has 0 aromatic carbocycles. The number of rotatable bonds is 2. The van der Waals surface area contributed by atoms with E-state index in [1.54, 1.807) is 0 Å². The molecule has 3 aliphatic rings. The van der Waals surface area contributed by atoms with Crippen molar-refractivity contribution in [2.75, 3.05) is 37.7 Å². The Bertz CT molecular complexity index is 281. The predicted octanol–water partition coefficient (Wildman–Crippen LogP) is 1.71. The quantitative estimate of drug-likeness (QED) is 0.829. The molecule has 0 aromatic rings. The summed E-state index contributed by atoms with van der Waals surface area (Å²) in [6.45, 7) is 4.34. The molecule has 3 rings (SSSR count). The lowest BCUT2D eigenvalue weighted by molar-refractivity contribution is -0.0937. The molecule has 104 valence electrons. The fourth-order valence-corrected chi connectivity index (χ4v) is 5.18. The molecule has 3 aliphatic heterocycles. The molecule has 2 N–H and O–H groups in total.